The molecule has 5 nitrogen and oxygen atoms in total. The third-order valence-electron chi connectivity index (χ3n) is 1.69. The van der Waals surface area contributed by atoms with Gasteiger partial charge in [-0.15, -0.1) is 0 Å². The van der Waals surface area contributed by atoms with Gasteiger partial charge in [-0.05, 0) is 25.1 Å². The Balaban J connectivity index is 1.99. The highest BCUT2D eigenvalue weighted by atomic mass is 16.3. The van der Waals surface area contributed by atoms with Crippen molar-refractivity contribution in [1.82, 2.24) is 9.97 Å². The van der Waals surface area contributed by atoms with Gasteiger partial charge in [0.25, 0.3) is 0 Å². The quantitative estimate of drug-likeness (QED) is 0.609. The summed E-state index contributed by atoms with van der Waals surface area (Å²) in [5.41, 5.74) is 3.60. The highest BCUT2D eigenvalue weighted by Crippen LogP contribution is 1.99. The van der Waals surface area contributed by atoms with Crippen LogP contribution in [0.15, 0.2) is 40.2 Å². The minimum absolute atomic E-state index is 0.470. The molecule has 0 saturated carbocycles. The van der Waals surface area contributed by atoms with Crippen LogP contribution in [0.5, 0.6) is 0 Å². The minimum Gasteiger partial charge on any atom is -0.463 e. The van der Waals surface area contributed by atoms with Crippen LogP contribution >= 0.6 is 0 Å². The zero-order valence-corrected chi connectivity index (χ0v) is 8.21. The van der Waals surface area contributed by atoms with E-state index in [-0.39, 0.29) is 0 Å². The molecule has 0 aliphatic heterocycles. The molecule has 76 valence electrons. The van der Waals surface area contributed by atoms with E-state index >= 15 is 0 Å². The first-order chi connectivity index (χ1) is 7.34. The molecule has 0 amide bonds. The molecule has 5 heteroatoms. The maximum absolute atomic E-state index is 5.07. The molecule has 0 aliphatic rings. The van der Waals surface area contributed by atoms with Crippen LogP contribution < -0.4 is 5.43 Å². The molecule has 0 fully saturated rings. The average molecular weight is 202 g/mol. The second-order valence-electron chi connectivity index (χ2n) is 2.91. The summed E-state index contributed by atoms with van der Waals surface area (Å²) in [4.78, 5) is 8.12. The van der Waals surface area contributed by atoms with Gasteiger partial charge < -0.3 is 4.42 Å². The van der Waals surface area contributed by atoms with Crippen LogP contribution in [0.2, 0.25) is 0 Å². The van der Waals surface area contributed by atoms with Crippen molar-refractivity contribution in [3.63, 3.8) is 0 Å². The first-order valence-electron chi connectivity index (χ1n) is 4.47. The summed E-state index contributed by atoms with van der Waals surface area (Å²) in [5, 5.41) is 3.93. The van der Waals surface area contributed by atoms with Crippen LogP contribution in [0.3, 0.4) is 0 Å². The molecule has 0 atom stereocenters. The van der Waals surface area contributed by atoms with E-state index in [1.165, 1.54) is 0 Å². The number of anilines is 1. The Bertz CT molecular complexity index is 450. The number of hydrazone groups is 1. The maximum atomic E-state index is 5.07. The van der Waals surface area contributed by atoms with Crippen molar-refractivity contribution >= 4 is 12.2 Å². The highest BCUT2D eigenvalue weighted by Gasteiger charge is 1.92. The number of aryl methyl sites for hydroxylation is 1. The Morgan fingerprint density at radius 1 is 1.47 bits per heavy atom. The second-order valence-corrected chi connectivity index (χ2v) is 2.91. The highest BCUT2D eigenvalue weighted by molar-refractivity contribution is 5.76. The van der Waals surface area contributed by atoms with Crippen LogP contribution in [0.1, 0.15) is 11.5 Å². The van der Waals surface area contributed by atoms with Crippen molar-refractivity contribution in [3.8, 4) is 0 Å². The topological polar surface area (TPSA) is 63.3 Å². The van der Waals surface area contributed by atoms with Crippen molar-refractivity contribution in [1.29, 1.82) is 0 Å². The minimum atomic E-state index is 0.470. The molecular formula is C10H10N4O. The molecule has 2 heterocycles. The van der Waals surface area contributed by atoms with Gasteiger partial charge in [-0.25, -0.2) is 15.4 Å². The van der Waals surface area contributed by atoms with E-state index in [0.717, 1.165) is 5.69 Å². The van der Waals surface area contributed by atoms with E-state index in [9.17, 15) is 0 Å². The van der Waals surface area contributed by atoms with Crippen molar-refractivity contribution in [2.45, 2.75) is 6.92 Å². The van der Waals surface area contributed by atoms with Crippen molar-refractivity contribution in [2.24, 2.45) is 5.10 Å². The normalized spacial score (nSPS) is 10.7. The number of furan rings is 1. The van der Waals surface area contributed by atoms with E-state index in [1.54, 1.807) is 24.7 Å². The molecule has 0 bridgehead atoms. The Labute approximate surface area is 86.9 Å². The smallest absolute Gasteiger partial charge is 0.243 e. The molecule has 1 N–H and O–H groups in total. The standard InChI is InChI=1S/C10H10N4O/c1-8-4-5-11-10(13-8)14-12-7-9-3-2-6-15-9/h2-7H,1H3,(H,11,13,14)/b12-7+. The first-order valence-corrected chi connectivity index (χ1v) is 4.47. The van der Waals surface area contributed by atoms with E-state index in [2.05, 4.69) is 20.5 Å². The Morgan fingerprint density at radius 3 is 3.13 bits per heavy atom. The van der Waals surface area contributed by atoms with E-state index in [1.807, 2.05) is 19.1 Å². The number of hydrogen-bond acceptors (Lipinski definition) is 5. The van der Waals surface area contributed by atoms with Gasteiger partial charge in [-0.3, -0.25) is 0 Å². The molecule has 2 aromatic rings. The van der Waals surface area contributed by atoms with Crippen LogP contribution in [0.4, 0.5) is 5.95 Å². The lowest BCUT2D eigenvalue weighted by Gasteiger charge is -1.97. The molecular weight excluding hydrogens is 192 g/mol. The largest absolute Gasteiger partial charge is 0.463 e. The molecule has 0 aromatic carbocycles. The summed E-state index contributed by atoms with van der Waals surface area (Å²) in [5.74, 6) is 1.15. The summed E-state index contributed by atoms with van der Waals surface area (Å²) in [6.45, 7) is 1.89. The average Bonchev–Trinajstić information content (AvgIpc) is 2.71. The fourth-order valence-corrected chi connectivity index (χ4v) is 1.02. The maximum Gasteiger partial charge on any atom is 0.243 e. The van der Waals surface area contributed by atoms with Crippen LogP contribution in [-0.2, 0) is 0 Å². The zero-order chi connectivity index (χ0) is 10.5. The van der Waals surface area contributed by atoms with Crippen LogP contribution in [0, 0.1) is 6.92 Å². The van der Waals surface area contributed by atoms with Gasteiger partial charge in [0.2, 0.25) is 5.95 Å². The van der Waals surface area contributed by atoms with Crippen molar-refractivity contribution in [2.75, 3.05) is 5.43 Å². The van der Waals surface area contributed by atoms with Gasteiger partial charge in [0, 0.05) is 11.9 Å². The number of aromatic nitrogens is 2. The van der Waals surface area contributed by atoms with Gasteiger partial charge in [-0.2, -0.15) is 5.10 Å². The van der Waals surface area contributed by atoms with Gasteiger partial charge in [-0.1, -0.05) is 0 Å². The molecule has 0 spiro atoms. The van der Waals surface area contributed by atoms with Crippen LogP contribution in [-0.4, -0.2) is 16.2 Å². The predicted molar refractivity (Wildman–Crippen MR) is 56.7 cm³/mol. The van der Waals surface area contributed by atoms with Crippen molar-refractivity contribution < 1.29 is 4.42 Å². The lowest BCUT2D eigenvalue weighted by molar-refractivity contribution is 0.560. The molecule has 2 aromatic heterocycles. The fraction of sp³-hybridized carbons (Fsp3) is 0.100. The number of rotatable bonds is 3. The lowest BCUT2D eigenvalue weighted by Crippen LogP contribution is -1.96. The summed E-state index contributed by atoms with van der Waals surface area (Å²) in [6.07, 6.45) is 4.82. The summed E-state index contributed by atoms with van der Waals surface area (Å²) >= 11 is 0. The summed E-state index contributed by atoms with van der Waals surface area (Å²) < 4.78 is 5.07. The molecule has 2 rings (SSSR count). The second kappa shape index (κ2) is 4.36. The number of nitrogens with one attached hydrogen (secondary N) is 1. The van der Waals surface area contributed by atoms with E-state index in [4.69, 9.17) is 4.42 Å². The summed E-state index contributed by atoms with van der Waals surface area (Å²) in [6, 6.07) is 5.42. The molecule has 0 unspecified atom stereocenters. The fourth-order valence-electron chi connectivity index (χ4n) is 1.02. The third kappa shape index (κ3) is 2.63. The van der Waals surface area contributed by atoms with Crippen LogP contribution in [0.25, 0.3) is 0 Å². The van der Waals surface area contributed by atoms with E-state index in [0.29, 0.717) is 11.7 Å². The van der Waals surface area contributed by atoms with E-state index < -0.39 is 0 Å². The van der Waals surface area contributed by atoms with Crippen molar-refractivity contribution in [3.05, 3.63) is 42.1 Å². The zero-order valence-electron chi connectivity index (χ0n) is 8.21. The van der Waals surface area contributed by atoms with Gasteiger partial charge in [0.15, 0.2) is 0 Å². The molecule has 15 heavy (non-hydrogen) atoms. The third-order valence-corrected chi connectivity index (χ3v) is 1.69. The molecule has 0 radical (unpaired) electrons. The Hall–Kier alpha value is -2.17. The van der Waals surface area contributed by atoms with Gasteiger partial charge in [0.1, 0.15) is 5.76 Å². The predicted octanol–water partition coefficient (Wildman–Crippen LogP) is 1.82. The number of nitrogens with zero attached hydrogens (tertiary/aromatic N) is 3. The Kier molecular flexibility index (Phi) is 2.73. The molecule has 0 saturated heterocycles. The van der Waals surface area contributed by atoms with Gasteiger partial charge >= 0.3 is 0 Å². The lowest BCUT2D eigenvalue weighted by atomic mass is 10.5. The van der Waals surface area contributed by atoms with Gasteiger partial charge in [0.05, 0.1) is 12.5 Å². The SMILES string of the molecule is Cc1ccnc(N/N=C/c2ccco2)n1. The first kappa shape index (κ1) is 9.39. The Morgan fingerprint density at radius 2 is 2.40 bits per heavy atom. The molecule has 0 aliphatic carbocycles. The summed E-state index contributed by atoms with van der Waals surface area (Å²) in [7, 11) is 0. The monoisotopic (exact) mass is 202 g/mol. The number of hydrogen-bond donors (Lipinski definition) is 1.